The van der Waals surface area contributed by atoms with Gasteiger partial charge in [-0.15, -0.1) is 0 Å². The zero-order chi connectivity index (χ0) is 22.5. The molecule has 1 unspecified atom stereocenters. The molecule has 0 aliphatic rings. The lowest BCUT2D eigenvalue weighted by Crippen LogP contribution is -2.37. The monoisotopic (exact) mass is 425 g/mol. The Kier molecular flexibility index (Phi) is 6.45. The molecule has 1 atom stereocenters. The Morgan fingerprint density at radius 1 is 0.938 bits per heavy atom. The average Bonchev–Trinajstić information content (AvgIpc) is 2.84. The number of aromatic nitrogens is 2. The Hall–Kier alpha value is -3.73. The lowest BCUT2D eigenvalue weighted by molar-refractivity contribution is -0.133. The second-order valence-electron chi connectivity index (χ2n) is 7.80. The molecule has 0 N–H and O–H groups in total. The second kappa shape index (κ2) is 9.60. The van der Waals surface area contributed by atoms with Crippen molar-refractivity contribution in [1.29, 1.82) is 0 Å². The van der Waals surface area contributed by atoms with Gasteiger partial charge >= 0.3 is 0 Å². The number of carbonyl (C=O) groups is 1. The van der Waals surface area contributed by atoms with Gasteiger partial charge in [-0.1, -0.05) is 60.7 Å². The summed E-state index contributed by atoms with van der Waals surface area (Å²) in [7, 11) is 0. The topological polar surface area (TPSA) is 55.2 Å². The number of carbonyl (C=O) groups excluding carboxylic acids is 1. The van der Waals surface area contributed by atoms with Crippen LogP contribution in [0.1, 0.15) is 37.7 Å². The number of amides is 1. The zero-order valence-corrected chi connectivity index (χ0v) is 18.4. The van der Waals surface area contributed by atoms with Crippen molar-refractivity contribution in [2.24, 2.45) is 0 Å². The van der Waals surface area contributed by atoms with E-state index in [1.807, 2.05) is 92.7 Å². The number of hydrogen-bond donors (Lipinski definition) is 0. The maximum Gasteiger partial charge on any atom is 0.266 e. The predicted molar refractivity (Wildman–Crippen MR) is 128 cm³/mol. The highest BCUT2D eigenvalue weighted by Crippen LogP contribution is 2.23. The number of benzene rings is 3. The van der Waals surface area contributed by atoms with Gasteiger partial charge in [0.1, 0.15) is 5.82 Å². The normalized spacial score (nSPS) is 11.9. The molecule has 5 heteroatoms. The minimum atomic E-state index is -0.360. The minimum Gasteiger partial charge on any atom is -0.333 e. The Morgan fingerprint density at radius 3 is 2.25 bits per heavy atom. The van der Waals surface area contributed by atoms with Crippen LogP contribution in [0.15, 0.2) is 89.7 Å². The van der Waals surface area contributed by atoms with Crippen LogP contribution in [-0.2, 0) is 11.2 Å². The van der Waals surface area contributed by atoms with Crippen molar-refractivity contribution in [2.45, 2.75) is 32.7 Å². The van der Waals surface area contributed by atoms with E-state index in [0.29, 0.717) is 36.1 Å². The maximum absolute atomic E-state index is 13.5. The SMILES string of the molecule is CCN(C(=O)CCc1ccccc1)C(C)c1nc2ccccc2c(=O)n1-c1ccccc1. The van der Waals surface area contributed by atoms with Crippen LogP contribution in [0.5, 0.6) is 0 Å². The van der Waals surface area contributed by atoms with E-state index >= 15 is 0 Å². The summed E-state index contributed by atoms with van der Waals surface area (Å²) in [6.07, 6.45) is 1.09. The standard InChI is InChI=1S/C27H27N3O2/c1-3-29(25(31)19-18-21-12-6-4-7-13-21)20(2)26-28-24-17-11-10-16-23(24)27(32)30(26)22-14-8-5-9-15-22/h4-17,20H,3,18-19H2,1-2H3. The van der Waals surface area contributed by atoms with Crippen LogP contribution in [0.25, 0.3) is 16.6 Å². The number of aryl methyl sites for hydroxylation is 1. The maximum atomic E-state index is 13.5. The largest absolute Gasteiger partial charge is 0.333 e. The van der Waals surface area contributed by atoms with E-state index in [4.69, 9.17) is 4.98 Å². The Bertz CT molecular complexity index is 1270. The molecule has 162 valence electrons. The number of hydrogen-bond acceptors (Lipinski definition) is 3. The summed E-state index contributed by atoms with van der Waals surface area (Å²) < 4.78 is 1.64. The number of para-hydroxylation sites is 2. The van der Waals surface area contributed by atoms with Crippen LogP contribution in [0.2, 0.25) is 0 Å². The molecule has 0 aliphatic carbocycles. The zero-order valence-electron chi connectivity index (χ0n) is 18.4. The number of fused-ring (bicyclic) bond motifs is 1. The molecule has 0 fully saturated rings. The van der Waals surface area contributed by atoms with Gasteiger partial charge in [-0.2, -0.15) is 0 Å². The number of rotatable bonds is 7. The fraction of sp³-hybridized carbons (Fsp3) is 0.222. The van der Waals surface area contributed by atoms with Crippen LogP contribution in [0, 0.1) is 0 Å². The summed E-state index contributed by atoms with van der Waals surface area (Å²) in [5.41, 5.74) is 2.38. The summed E-state index contributed by atoms with van der Waals surface area (Å²) >= 11 is 0. The van der Waals surface area contributed by atoms with Gasteiger partial charge < -0.3 is 4.90 Å². The van der Waals surface area contributed by atoms with Crippen molar-refractivity contribution in [3.8, 4) is 5.69 Å². The Labute approximate surface area is 188 Å². The Morgan fingerprint density at radius 2 is 1.56 bits per heavy atom. The lowest BCUT2D eigenvalue weighted by Gasteiger charge is -2.29. The fourth-order valence-electron chi connectivity index (χ4n) is 4.10. The Balaban J connectivity index is 1.73. The van der Waals surface area contributed by atoms with Crippen molar-refractivity contribution in [1.82, 2.24) is 14.5 Å². The van der Waals surface area contributed by atoms with E-state index in [1.165, 1.54) is 0 Å². The first-order valence-corrected chi connectivity index (χ1v) is 11.0. The molecule has 4 rings (SSSR count). The summed E-state index contributed by atoms with van der Waals surface area (Å²) in [6.45, 7) is 4.44. The molecule has 1 heterocycles. The van der Waals surface area contributed by atoms with Gasteiger partial charge in [-0.25, -0.2) is 4.98 Å². The van der Waals surface area contributed by atoms with Gasteiger partial charge in [0.2, 0.25) is 5.91 Å². The number of nitrogens with zero attached hydrogens (tertiary/aromatic N) is 3. The first-order chi connectivity index (χ1) is 15.6. The van der Waals surface area contributed by atoms with E-state index < -0.39 is 0 Å². The van der Waals surface area contributed by atoms with E-state index in [2.05, 4.69) is 0 Å². The van der Waals surface area contributed by atoms with Gasteiger partial charge in [0, 0.05) is 13.0 Å². The molecule has 1 amide bonds. The van der Waals surface area contributed by atoms with Gasteiger partial charge in [0.05, 0.1) is 22.6 Å². The third-order valence-corrected chi connectivity index (χ3v) is 5.79. The molecule has 0 saturated heterocycles. The molecule has 4 aromatic rings. The van der Waals surface area contributed by atoms with E-state index in [0.717, 1.165) is 11.3 Å². The quantitative estimate of drug-likeness (QED) is 0.422. The van der Waals surface area contributed by atoms with E-state index in [9.17, 15) is 9.59 Å². The third-order valence-electron chi connectivity index (χ3n) is 5.79. The fourth-order valence-corrected chi connectivity index (χ4v) is 4.10. The molecular weight excluding hydrogens is 398 g/mol. The highest BCUT2D eigenvalue weighted by atomic mass is 16.2. The smallest absolute Gasteiger partial charge is 0.266 e. The molecule has 32 heavy (non-hydrogen) atoms. The van der Waals surface area contributed by atoms with Gasteiger partial charge in [0.25, 0.3) is 5.56 Å². The van der Waals surface area contributed by atoms with Crippen molar-refractivity contribution >= 4 is 16.8 Å². The first-order valence-electron chi connectivity index (χ1n) is 11.0. The molecule has 1 aromatic heterocycles. The van der Waals surface area contributed by atoms with E-state index in [-0.39, 0.29) is 17.5 Å². The molecule has 0 bridgehead atoms. The molecule has 5 nitrogen and oxygen atoms in total. The highest BCUT2D eigenvalue weighted by Gasteiger charge is 2.25. The predicted octanol–water partition coefficient (Wildman–Crippen LogP) is 4.93. The summed E-state index contributed by atoms with van der Waals surface area (Å²) in [5, 5.41) is 0.561. The van der Waals surface area contributed by atoms with Gasteiger partial charge in [-0.05, 0) is 50.1 Å². The summed E-state index contributed by atoms with van der Waals surface area (Å²) in [5.74, 6) is 0.612. The van der Waals surface area contributed by atoms with Gasteiger partial charge in [-0.3, -0.25) is 14.2 Å². The van der Waals surface area contributed by atoms with Crippen LogP contribution < -0.4 is 5.56 Å². The minimum absolute atomic E-state index is 0.0471. The van der Waals surface area contributed by atoms with Crippen LogP contribution in [-0.4, -0.2) is 26.9 Å². The highest BCUT2D eigenvalue weighted by molar-refractivity contribution is 5.79. The van der Waals surface area contributed by atoms with Crippen molar-refractivity contribution < 1.29 is 4.79 Å². The van der Waals surface area contributed by atoms with Gasteiger partial charge in [0.15, 0.2) is 0 Å². The average molecular weight is 426 g/mol. The first kappa shape index (κ1) is 21.5. The second-order valence-corrected chi connectivity index (χ2v) is 7.80. The lowest BCUT2D eigenvalue weighted by atomic mass is 10.1. The molecule has 0 radical (unpaired) electrons. The molecule has 0 aliphatic heterocycles. The molecular formula is C27H27N3O2. The summed E-state index contributed by atoms with van der Waals surface area (Å²) in [6, 6.07) is 26.5. The third kappa shape index (κ3) is 4.33. The van der Waals surface area contributed by atoms with Crippen LogP contribution in [0.4, 0.5) is 0 Å². The summed E-state index contributed by atoms with van der Waals surface area (Å²) in [4.78, 5) is 33.3. The van der Waals surface area contributed by atoms with Crippen molar-refractivity contribution in [3.63, 3.8) is 0 Å². The van der Waals surface area contributed by atoms with Crippen molar-refractivity contribution in [2.75, 3.05) is 6.54 Å². The van der Waals surface area contributed by atoms with E-state index in [1.54, 1.807) is 15.5 Å². The molecule has 3 aromatic carbocycles. The van der Waals surface area contributed by atoms with Crippen LogP contribution >= 0.6 is 0 Å². The van der Waals surface area contributed by atoms with Crippen LogP contribution in [0.3, 0.4) is 0 Å². The molecule has 0 saturated carbocycles. The molecule has 0 spiro atoms. The van der Waals surface area contributed by atoms with Crippen molar-refractivity contribution in [3.05, 3.63) is 107 Å².